The summed E-state index contributed by atoms with van der Waals surface area (Å²) < 4.78 is 25.5. The topological polar surface area (TPSA) is 53.4 Å². The van der Waals surface area contributed by atoms with Crippen LogP contribution in [-0.4, -0.2) is 22.9 Å². The van der Waals surface area contributed by atoms with Crippen molar-refractivity contribution in [1.82, 2.24) is 9.78 Å². The van der Waals surface area contributed by atoms with Crippen LogP contribution >= 0.6 is 0 Å². The average molecular weight is 368 g/mol. The highest BCUT2D eigenvalue weighted by Crippen LogP contribution is 2.28. The lowest BCUT2D eigenvalue weighted by molar-refractivity contribution is 0.0723. The predicted octanol–water partition coefficient (Wildman–Crippen LogP) is 4.54. The molecule has 140 valence electrons. The number of carbonyl (C=O) groups excluding carboxylic acids is 1. The van der Waals surface area contributed by atoms with Crippen molar-refractivity contribution < 1.29 is 18.7 Å². The van der Waals surface area contributed by atoms with E-state index < -0.39 is 5.97 Å². The molecule has 0 bridgehead atoms. The van der Waals surface area contributed by atoms with Gasteiger partial charge in [-0.05, 0) is 48.5 Å². The summed E-state index contributed by atoms with van der Waals surface area (Å²) in [6.07, 6.45) is 0. The highest BCUT2D eigenvalue weighted by atomic mass is 19.1. The van der Waals surface area contributed by atoms with Gasteiger partial charge >= 0.3 is 5.97 Å². The van der Waals surface area contributed by atoms with Crippen molar-refractivity contribution in [1.29, 1.82) is 0 Å². The monoisotopic (exact) mass is 368 g/mol. The molecule has 5 nitrogen and oxygen atoms in total. The van der Waals surface area contributed by atoms with Crippen molar-refractivity contribution in [2.45, 2.75) is 26.2 Å². The molecule has 0 N–H and O–H groups in total. The zero-order valence-corrected chi connectivity index (χ0v) is 15.7. The van der Waals surface area contributed by atoms with Gasteiger partial charge in [-0.15, -0.1) is 0 Å². The maximum atomic E-state index is 13.3. The summed E-state index contributed by atoms with van der Waals surface area (Å²) in [5.41, 5.74) is 1.50. The molecule has 6 heteroatoms. The van der Waals surface area contributed by atoms with E-state index in [1.165, 1.54) is 16.8 Å². The molecule has 27 heavy (non-hydrogen) atoms. The minimum atomic E-state index is -0.513. The predicted molar refractivity (Wildman–Crippen MR) is 100 cm³/mol. The molecule has 0 atom stereocenters. The van der Waals surface area contributed by atoms with Gasteiger partial charge in [-0.25, -0.2) is 13.9 Å². The third kappa shape index (κ3) is 4.16. The van der Waals surface area contributed by atoms with E-state index in [1.54, 1.807) is 49.6 Å². The highest BCUT2D eigenvalue weighted by molar-refractivity contribution is 5.91. The SMILES string of the molecule is COc1ccc(C(=O)Oc2cc(C(C)(C)C)nn2-c2ccc(F)cc2)cc1. The summed E-state index contributed by atoms with van der Waals surface area (Å²) >= 11 is 0. The van der Waals surface area contributed by atoms with Crippen LogP contribution in [0.3, 0.4) is 0 Å². The molecule has 0 aliphatic rings. The van der Waals surface area contributed by atoms with Crippen LogP contribution in [0.25, 0.3) is 5.69 Å². The number of carbonyl (C=O) groups is 1. The Bertz CT molecular complexity index is 939. The Balaban J connectivity index is 1.96. The Hall–Kier alpha value is -3.15. The van der Waals surface area contributed by atoms with Crippen LogP contribution in [0.4, 0.5) is 4.39 Å². The number of methoxy groups -OCH3 is 1. The number of rotatable bonds is 4. The first-order valence-electron chi connectivity index (χ1n) is 8.50. The Morgan fingerprint density at radius 3 is 2.22 bits per heavy atom. The molecule has 0 fully saturated rings. The van der Waals surface area contributed by atoms with Crippen molar-refractivity contribution in [3.63, 3.8) is 0 Å². The fourth-order valence-corrected chi connectivity index (χ4v) is 2.45. The van der Waals surface area contributed by atoms with Crippen LogP contribution < -0.4 is 9.47 Å². The van der Waals surface area contributed by atoms with E-state index >= 15 is 0 Å². The third-order valence-electron chi connectivity index (χ3n) is 4.04. The largest absolute Gasteiger partial charge is 0.497 e. The molecule has 0 aliphatic carbocycles. The zero-order chi connectivity index (χ0) is 19.6. The van der Waals surface area contributed by atoms with E-state index in [9.17, 15) is 9.18 Å². The number of nitrogens with zero attached hydrogens (tertiary/aromatic N) is 2. The lowest BCUT2D eigenvalue weighted by Crippen LogP contribution is -2.13. The van der Waals surface area contributed by atoms with Crippen LogP contribution in [0.15, 0.2) is 54.6 Å². The quantitative estimate of drug-likeness (QED) is 0.635. The first-order chi connectivity index (χ1) is 12.8. The molecule has 0 aliphatic heterocycles. The Kier molecular flexibility index (Phi) is 4.99. The number of halogens is 1. The Morgan fingerprint density at radius 1 is 1.04 bits per heavy atom. The molecule has 0 amide bonds. The Morgan fingerprint density at radius 2 is 1.67 bits per heavy atom. The van der Waals surface area contributed by atoms with Gasteiger partial charge in [0, 0.05) is 11.5 Å². The molecule has 0 radical (unpaired) electrons. The molecule has 0 unspecified atom stereocenters. The molecule has 1 heterocycles. The van der Waals surface area contributed by atoms with Gasteiger partial charge in [-0.3, -0.25) is 0 Å². The first-order valence-corrected chi connectivity index (χ1v) is 8.50. The van der Waals surface area contributed by atoms with E-state index in [4.69, 9.17) is 9.47 Å². The van der Waals surface area contributed by atoms with Gasteiger partial charge in [-0.1, -0.05) is 20.8 Å². The standard InChI is InChI=1S/C21H21FN2O3/c1-21(2,3)18-13-19(24(23-18)16-9-7-15(22)8-10-16)27-20(25)14-5-11-17(26-4)12-6-14/h5-13H,1-4H3. The van der Waals surface area contributed by atoms with E-state index in [-0.39, 0.29) is 17.1 Å². The van der Waals surface area contributed by atoms with Gasteiger partial charge in [0.2, 0.25) is 5.88 Å². The van der Waals surface area contributed by atoms with Gasteiger partial charge in [-0.2, -0.15) is 5.10 Å². The second kappa shape index (κ2) is 7.23. The normalized spacial score (nSPS) is 11.3. The molecule has 1 aromatic heterocycles. The summed E-state index contributed by atoms with van der Waals surface area (Å²) in [5.74, 6) is 0.0605. The number of hydrogen-bond acceptors (Lipinski definition) is 4. The van der Waals surface area contributed by atoms with Crippen LogP contribution in [0.2, 0.25) is 0 Å². The molecule has 2 aromatic carbocycles. The minimum Gasteiger partial charge on any atom is -0.497 e. The lowest BCUT2D eigenvalue weighted by atomic mass is 9.93. The van der Waals surface area contributed by atoms with Crippen molar-refractivity contribution in [3.8, 4) is 17.3 Å². The first kappa shape index (κ1) is 18.6. The summed E-state index contributed by atoms with van der Waals surface area (Å²) in [5, 5.41) is 4.55. The molecule has 0 saturated carbocycles. The van der Waals surface area contributed by atoms with Gasteiger partial charge in [0.05, 0.1) is 24.1 Å². The third-order valence-corrected chi connectivity index (χ3v) is 4.04. The number of ether oxygens (including phenoxy) is 2. The van der Waals surface area contributed by atoms with Gasteiger partial charge in [0.25, 0.3) is 0 Å². The fourth-order valence-electron chi connectivity index (χ4n) is 2.45. The Labute approximate surface area is 157 Å². The van der Waals surface area contributed by atoms with E-state index in [2.05, 4.69) is 5.10 Å². The van der Waals surface area contributed by atoms with E-state index in [0.717, 1.165) is 5.69 Å². The number of benzene rings is 2. The van der Waals surface area contributed by atoms with Gasteiger partial charge in [0.15, 0.2) is 0 Å². The smallest absolute Gasteiger partial charge is 0.344 e. The van der Waals surface area contributed by atoms with Crippen molar-refractivity contribution >= 4 is 5.97 Å². The molecule has 0 spiro atoms. The molecular formula is C21H21FN2O3. The molecule has 0 saturated heterocycles. The minimum absolute atomic E-state index is 0.244. The fraction of sp³-hybridized carbons (Fsp3) is 0.238. The highest BCUT2D eigenvalue weighted by Gasteiger charge is 2.23. The van der Waals surface area contributed by atoms with E-state index in [1.807, 2.05) is 20.8 Å². The van der Waals surface area contributed by atoms with Gasteiger partial charge < -0.3 is 9.47 Å². The number of aromatic nitrogens is 2. The average Bonchev–Trinajstić information content (AvgIpc) is 3.06. The summed E-state index contributed by atoms with van der Waals surface area (Å²) in [6.45, 7) is 6.04. The van der Waals surface area contributed by atoms with Gasteiger partial charge in [0.1, 0.15) is 11.6 Å². The summed E-state index contributed by atoms with van der Waals surface area (Å²) in [6, 6.07) is 14.2. The zero-order valence-electron chi connectivity index (χ0n) is 15.7. The maximum Gasteiger partial charge on any atom is 0.344 e. The van der Waals surface area contributed by atoms with E-state index in [0.29, 0.717) is 17.0 Å². The van der Waals surface area contributed by atoms with Crippen LogP contribution in [0.1, 0.15) is 36.8 Å². The van der Waals surface area contributed by atoms with Crippen LogP contribution in [0, 0.1) is 5.82 Å². The van der Waals surface area contributed by atoms with Crippen LogP contribution in [-0.2, 0) is 5.41 Å². The number of esters is 1. The number of hydrogen-bond donors (Lipinski definition) is 0. The summed E-state index contributed by atoms with van der Waals surface area (Å²) in [4.78, 5) is 12.5. The summed E-state index contributed by atoms with van der Waals surface area (Å²) in [7, 11) is 1.56. The molecule has 3 aromatic rings. The molecular weight excluding hydrogens is 347 g/mol. The second-order valence-corrected chi connectivity index (χ2v) is 7.12. The second-order valence-electron chi connectivity index (χ2n) is 7.12. The van der Waals surface area contributed by atoms with Crippen molar-refractivity contribution in [2.24, 2.45) is 0 Å². The molecule has 3 rings (SSSR count). The van der Waals surface area contributed by atoms with Crippen molar-refractivity contribution in [3.05, 3.63) is 71.7 Å². The lowest BCUT2D eigenvalue weighted by Gasteiger charge is -2.13. The van der Waals surface area contributed by atoms with Crippen LogP contribution in [0.5, 0.6) is 11.6 Å². The maximum absolute atomic E-state index is 13.3. The van der Waals surface area contributed by atoms with Crippen molar-refractivity contribution in [2.75, 3.05) is 7.11 Å².